The Morgan fingerprint density at radius 3 is 2.89 bits per heavy atom. The van der Waals surface area contributed by atoms with E-state index < -0.39 is 0 Å². The molecule has 0 saturated heterocycles. The van der Waals surface area contributed by atoms with Crippen LogP contribution in [0.5, 0.6) is 0 Å². The Balaban J connectivity index is 2.40. The quantitative estimate of drug-likeness (QED) is 0.776. The Morgan fingerprint density at radius 2 is 2.33 bits per heavy atom. The van der Waals surface area contributed by atoms with Gasteiger partial charge in [-0.25, -0.2) is 4.98 Å². The molecule has 4 nitrogen and oxygen atoms in total. The van der Waals surface area contributed by atoms with E-state index in [1.165, 1.54) is 6.08 Å². The molecule has 1 heterocycles. The third-order valence-electron chi connectivity index (χ3n) is 2.57. The SMILES string of the molecule is Cc1nc(/C=C/C(=O)NCC(C)(C)CCO)cs1. The van der Waals surface area contributed by atoms with Crippen molar-refractivity contribution in [3.05, 3.63) is 22.2 Å². The third kappa shape index (κ3) is 5.42. The van der Waals surface area contributed by atoms with Gasteiger partial charge in [0.1, 0.15) is 0 Å². The van der Waals surface area contributed by atoms with Crippen LogP contribution >= 0.6 is 11.3 Å². The van der Waals surface area contributed by atoms with Crippen LogP contribution in [0.1, 0.15) is 31.0 Å². The van der Waals surface area contributed by atoms with Crippen molar-refractivity contribution in [2.45, 2.75) is 27.2 Å². The predicted molar refractivity (Wildman–Crippen MR) is 74.4 cm³/mol. The molecule has 0 atom stereocenters. The third-order valence-corrected chi connectivity index (χ3v) is 3.36. The minimum atomic E-state index is -0.133. The van der Waals surface area contributed by atoms with Crippen molar-refractivity contribution in [3.63, 3.8) is 0 Å². The number of aromatic nitrogens is 1. The van der Waals surface area contributed by atoms with Crippen molar-refractivity contribution in [3.8, 4) is 0 Å². The van der Waals surface area contributed by atoms with Crippen LogP contribution in [0.3, 0.4) is 0 Å². The lowest BCUT2D eigenvalue weighted by molar-refractivity contribution is -0.116. The number of aryl methyl sites for hydroxylation is 1. The van der Waals surface area contributed by atoms with Crippen molar-refractivity contribution in [2.75, 3.05) is 13.2 Å². The molecule has 1 aromatic heterocycles. The lowest BCUT2D eigenvalue weighted by Crippen LogP contribution is -2.33. The van der Waals surface area contributed by atoms with Gasteiger partial charge in [-0.05, 0) is 24.8 Å². The molecule has 0 aliphatic rings. The number of carbonyl (C=O) groups is 1. The molecule has 0 aliphatic carbocycles. The van der Waals surface area contributed by atoms with Crippen LogP contribution in [0.15, 0.2) is 11.5 Å². The highest BCUT2D eigenvalue weighted by atomic mass is 32.1. The van der Waals surface area contributed by atoms with E-state index in [4.69, 9.17) is 5.11 Å². The number of nitrogens with one attached hydrogen (secondary N) is 1. The molecule has 0 unspecified atom stereocenters. The van der Waals surface area contributed by atoms with Crippen LogP contribution in [0, 0.1) is 12.3 Å². The molecule has 100 valence electrons. The van der Waals surface area contributed by atoms with Gasteiger partial charge < -0.3 is 10.4 Å². The molecule has 0 aromatic carbocycles. The van der Waals surface area contributed by atoms with E-state index in [9.17, 15) is 4.79 Å². The molecule has 5 heteroatoms. The fourth-order valence-electron chi connectivity index (χ4n) is 1.39. The molecular formula is C13H20N2O2S. The second kappa shape index (κ2) is 6.66. The number of aliphatic hydroxyl groups excluding tert-OH is 1. The minimum absolute atomic E-state index is 0.0878. The average molecular weight is 268 g/mol. The first-order valence-corrected chi connectivity index (χ1v) is 6.80. The van der Waals surface area contributed by atoms with Gasteiger partial charge in [-0.2, -0.15) is 0 Å². The summed E-state index contributed by atoms with van der Waals surface area (Å²) in [6.07, 6.45) is 3.86. The van der Waals surface area contributed by atoms with E-state index >= 15 is 0 Å². The van der Waals surface area contributed by atoms with Crippen LogP contribution in [0.2, 0.25) is 0 Å². The van der Waals surface area contributed by atoms with Gasteiger partial charge in [0.05, 0.1) is 10.7 Å². The van der Waals surface area contributed by atoms with Crippen molar-refractivity contribution >= 4 is 23.3 Å². The van der Waals surface area contributed by atoms with Crippen LogP contribution in [0.25, 0.3) is 6.08 Å². The summed E-state index contributed by atoms with van der Waals surface area (Å²) in [5.74, 6) is -0.133. The summed E-state index contributed by atoms with van der Waals surface area (Å²) in [4.78, 5) is 15.8. The van der Waals surface area contributed by atoms with Crippen molar-refractivity contribution < 1.29 is 9.90 Å². The molecule has 1 rings (SSSR count). The zero-order valence-electron chi connectivity index (χ0n) is 11.1. The lowest BCUT2D eigenvalue weighted by Gasteiger charge is -2.23. The Hall–Kier alpha value is -1.20. The molecular weight excluding hydrogens is 248 g/mol. The Morgan fingerprint density at radius 1 is 1.61 bits per heavy atom. The lowest BCUT2D eigenvalue weighted by atomic mass is 9.90. The smallest absolute Gasteiger partial charge is 0.244 e. The van der Waals surface area contributed by atoms with Gasteiger partial charge >= 0.3 is 0 Å². The molecule has 0 spiro atoms. The predicted octanol–water partition coefficient (Wildman–Crippen LogP) is 1.99. The zero-order valence-corrected chi connectivity index (χ0v) is 11.9. The van der Waals surface area contributed by atoms with E-state index in [1.807, 2.05) is 26.2 Å². The maximum absolute atomic E-state index is 11.6. The monoisotopic (exact) mass is 268 g/mol. The highest BCUT2D eigenvalue weighted by Gasteiger charge is 2.17. The standard InChI is InChI=1S/C13H20N2O2S/c1-10-15-11(8-18-10)4-5-12(17)14-9-13(2,3)6-7-16/h4-5,8,16H,6-7,9H2,1-3H3,(H,14,17)/b5-4+. The molecule has 0 saturated carbocycles. The minimum Gasteiger partial charge on any atom is -0.396 e. The first-order chi connectivity index (χ1) is 8.43. The number of carbonyl (C=O) groups excluding carboxylic acids is 1. The van der Waals surface area contributed by atoms with Crippen LogP contribution in [-0.2, 0) is 4.79 Å². The first kappa shape index (κ1) is 14.9. The van der Waals surface area contributed by atoms with Gasteiger partial charge in [-0.3, -0.25) is 4.79 Å². The van der Waals surface area contributed by atoms with Crippen molar-refractivity contribution in [1.82, 2.24) is 10.3 Å². The topological polar surface area (TPSA) is 62.2 Å². The summed E-state index contributed by atoms with van der Waals surface area (Å²) in [6.45, 7) is 6.64. The van der Waals surface area contributed by atoms with Crippen LogP contribution < -0.4 is 5.32 Å². The second-order valence-corrected chi connectivity index (χ2v) is 6.04. The van der Waals surface area contributed by atoms with E-state index in [0.29, 0.717) is 13.0 Å². The molecule has 0 aliphatic heterocycles. The number of rotatable bonds is 6. The highest BCUT2D eigenvalue weighted by Crippen LogP contribution is 2.17. The maximum Gasteiger partial charge on any atom is 0.244 e. The van der Waals surface area contributed by atoms with E-state index in [0.717, 1.165) is 10.7 Å². The molecule has 1 amide bonds. The van der Waals surface area contributed by atoms with Gasteiger partial charge in [0.15, 0.2) is 0 Å². The molecule has 0 fully saturated rings. The van der Waals surface area contributed by atoms with Gasteiger partial charge in [-0.1, -0.05) is 13.8 Å². The Bertz CT molecular complexity index is 424. The van der Waals surface area contributed by atoms with E-state index in [1.54, 1.807) is 17.4 Å². The summed E-state index contributed by atoms with van der Waals surface area (Å²) in [7, 11) is 0. The summed E-state index contributed by atoms with van der Waals surface area (Å²) in [5.41, 5.74) is 0.720. The summed E-state index contributed by atoms with van der Waals surface area (Å²) in [6, 6.07) is 0. The average Bonchev–Trinajstić information content (AvgIpc) is 2.70. The van der Waals surface area contributed by atoms with Gasteiger partial charge in [0.25, 0.3) is 0 Å². The molecule has 1 aromatic rings. The number of nitrogens with zero attached hydrogens (tertiary/aromatic N) is 1. The second-order valence-electron chi connectivity index (χ2n) is 4.98. The van der Waals surface area contributed by atoms with Crippen molar-refractivity contribution in [2.24, 2.45) is 5.41 Å². The maximum atomic E-state index is 11.6. The van der Waals surface area contributed by atoms with E-state index in [2.05, 4.69) is 10.3 Å². The van der Waals surface area contributed by atoms with Crippen LogP contribution in [-0.4, -0.2) is 29.1 Å². The normalized spacial score (nSPS) is 12.0. The largest absolute Gasteiger partial charge is 0.396 e. The number of hydrogen-bond acceptors (Lipinski definition) is 4. The molecule has 0 radical (unpaired) electrons. The fraction of sp³-hybridized carbons (Fsp3) is 0.538. The molecule has 18 heavy (non-hydrogen) atoms. The number of amides is 1. The van der Waals surface area contributed by atoms with Crippen LogP contribution in [0.4, 0.5) is 0 Å². The Labute approximate surface area is 112 Å². The van der Waals surface area contributed by atoms with Crippen molar-refractivity contribution in [1.29, 1.82) is 0 Å². The first-order valence-electron chi connectivity index (χ1n) is 5.92. The molecule has 2 N–H and O–H groups in total. The Kier molecular flexibility index (Phi) is 5.50. The number of thiazole rings is 1. The molecule has 0 bridgehead atoms. The number of hydrogen-bond donors (Lipinski definition) is 2. The fourth-order valence-corrected chi connectivity index (χ4v) is 1.97. The van der Waals surface area contributed by atoms with Gasteiger partial charge in [0.2, 0.25) is 5.91 Å². The highest BCUT2D eigenvalue weighted by molar-refractivity contribution is 7.09. The van der Waals surface area contributed by atoms with Gasteiger partial charge in [-0.15, -0.1) is 11.3 Å². The van der Waals surface area contributed by atoms with E-state index in [-0.39, 0.29) is 17.9 Å². The number of aliphatic hydroxyl groups is 1. The summed E-state index contributed by atoms with van der Waals surface area (Å²) >= 11 is 1.56. The van der Waals surface area contributed by atoms with Gasteiger partial charge in [0, 0.05) is 24.6 Å². The summed E-state index contributed by atoms with van der Waals surface area (Å²) < 4.78 is 0. The zero-order chi connectivity index (χ0) is 13.6. The summed E-state index contributed by atoms with van der Waals surface area (Å²) in [5, 5.41) is 14.6.